The highest BCUT2D eigenvalue weighted by Crippen LogP contribution is 2.40. The number of carbonyl (C=O) groups is 2. The third kappa shape index (κ3) is 5.05. The molecule has 0 aliphatic heterocycles. The van der Waals surface area contributed by atoms with E-state index in [1.807, 2.05) is 42.5 Å². The zero-order chi connectivity index (χ0) is 22.5. The highest BCUT2D eigenvalue weighted by molar-refractivity contribution is 7.15. The van der Waals surface area contributed by atoms with Crippen LogP contribution < -0.4 is 10.6 Å². The summed E-state index contributed by atoms with van der Waals surface area (Å²) in [5.41, 5.74) is 4.16. The molecule has 2 aromatic heterocycles. The highest BCUT2D eigenvalue weighted by Gasteiger charge is 2.26. The van der Waals surface area contributed by atoms with Crippen LogP contribution in [0.15, 0.2) is 48.8 Å². The van der Waals surface area contributed by atoms with Crippen molar-refractivity contribution in [2.45, 2.75) is 52.0 Å². The third-order valence-electron chi connectivity index (χ3n) is 5.68. The molecule has 0 radical (unpaired) electrons. The van der Waals surface area contributed by atoms with Crippen LogP contribution in [0.1, 0.15) is 54.3 Å². The summed E-state index contributed by atoms with van der Waals surface area (Å²) in [7, 11) is 0. The summed E-state index contributed by atoms with van der Waals surface area (Å²) in [6, 6.07) is 11.0. The average Bonchev–Trinajstić information content (AvgIpc) is 3.43. The van der Waals surface area contributed by atoms with E-state index in [0.29, 0.717) is 12.3 Å². The lowest BCUT2D eigenvalue weighted by molar-refractivity contribution is -0.142. The number of fused-ring (bicyclic) bond motifs is 1. The standard InChI is InChI=1S/C25H29N3O3S/c1-3-31-22(29)16-18-10-12-19(13-11-18)27-25(30)26-17(2)23-20-8-4-5-9-21(20)32-24(23)28-14-6-7-15-28/h6-7,10-15,17H,3-5,8-9,16H2,1-2H3,(H2,26,27,30)/t17-/m0/s1. The Balaban J connectivity index is 1.44. The molecular formula is C25H29N3O3S. The number of amides is 2. The van der Waals surface area contributed by atoms with Gasteiger partial charge >= 0.3 is 12.0 Å². The number of thiophene rings is 1. The molecule has 32 heavy (non-hydrogen) atoms. The first-order chi connectivity index (χ1) is 15.5. The summed E-state index contributed by atoms with van der Waals surface area (Å²) in [4.78, 5) is 25.8. The van der Waals surface area contributed by atoms with E-state index in [1.54, 1.807) is 19.1 Å². The summed E-state index contributed by atoms with van der Waals surface area (Å²) in [6.45, 7) is 4.21. The highest BCUT2D eigenvalue weighted by atomic mass is 32.1. The van der Waals surface area contributed by atoms with Crippen LogP contribution in [0.4, 0.5) is 10.5 Å². The Morgan fingerprint density at radius 3 is 2.56 bits per heavy atom. The van der Waals surface area contributed by atoms with Gasteiger partial charge in [0.05, 0.1) is 19.1 Å². The lowest BCUT2D eigenvalue weighted by atomic mass is 9.93. The third-order valence-corrected chi connectivity index (χ3v) is 7.00. The topological polar surface area (TPSA) is 72.4 Å². The molecule has 0 saturated heterocycles. The van der Waals surface area contributed by atoms with E-state index in [4.69, 9.17) is 4.74 Å². The Morgan fingerprint density at radius 1 is 1.12 bits per heavy atom. The Hall–Kier alpha value is -3.06. The van der Waals surface area contributed by atoms with E-state index in [1.165, 1.54) is 33.8 Å². The van der Waals surface area contributed by atoms with Crippen molar-refractivity contribution in [1.29, 1.82) is 0 Å². The van der Waals surface area contributed by atoms with Crippen molar-refractivity contribution >= 4 is 29.0 Å². The Labute approximate surface area is 192 Å². The van der Waals surface area contributed by atoms with Gasteiger partial charge in [0.1, 0.15) is 5.00 Å². The van der Waals surface area contributed by atoms with E-state index in [2.05, 4.69) is 27.6 Å². The normalized spacial score (nSPS) is 13.8. The zero-order valence-electron chi connectivity index (χ0n) is 18.5. The van der Waals surface area contributed by atoms with Gasteiger partial charge in [0.15, 0.2) is 0 Å². The minimum Gasteiger partial charge on any atom is -0.466 e. The number of hydrogen-bond donors (Lipinski definition) is 2. The molecule has 2 heterocycles. The quantitative estimate of drug-likeness (QED) is 0.472. The fourth-order valence-corrected chi connectivity index (χ4v) is 5.66. The van der Waals surface area contributed by atoms with Crippen molar-refractivity contribution in [2.24, 2.45) is 0 Å². The SMILES string of the molecule is CCOC(=O)Cc1ccc(NC(=O)N[C@@H](C)c2c(-n3cccc3)sc3c2CCCC3)cc1. The summed E-state index contributed by atoms with van der Waals surface area (Å²) < 4.78 is 7.13. The lowest BCUT2D eigenvalue weighted by Gasteiger charge is -2.20. The van der Waals surface area contributed by atoms with Crippen LogP contribution in [-0.4, -0.2) is 23.2 Å². The molecule has 3 aromatic rings. The minimum atomic E-state index is -0.252. The molecule has 4 rings (SSSR count). The van der Waals surface area contributed by atoms with Gasteiger partial charge in [0, 0.05) is 28.5 Å². The van der Waals surface area contributed by atoms with Gasteiger partial charge in [0.25, 0.3) is 0 Å². The lowest BCUT2D eigenvalue weighted by Crippen LogP contribution is -2.32. The summed E-state index contributed by atoms with van der Waals surface area (Å²) in [5.74, 6) is -0.252. The molecule has 6 nitrogen and oxygen atoms in total. The van der Waals surface area contributed by atoms with Crippen LogP contribution in [0, 0.1) is 0 Å². The van der Waals surface area contributed by atoms with Gasteiger partial charge in [-0.25, -0.2) is 4.79 Å². The van der Waals surface area contributed by atoms with Gasteiger partial charge in [-0.2, -0.15) is 0 Å². The van der Waals surface area contributed by atoms with E-state index < -0.39 is 0 Å². The molecule has 1 aromatic carbocycles. The van der Waals surface area contributed by atoms with Crippen LogP contribution in [0.5, 0.6) is 0 Å². The second-order valence-electron chi connectivity index (χ2n) is 8.02. The second-order valence-corrected chi connectivity index (χ2v) is 9.10. The molecule has 0 fully saturated rings. The first-order valence-corrected chi connectivity index (χ1v) is 12.0. The van der Waals surface area contributed by atoms with Gasteiger partial charge in [0.2, 0.25) is 0 Å². The van der Waals surface area contributed by atoms with E-state index in [9.17, 15) is 9.59 Å². The van der Waals surface area contributed by atoms with E-state index in [-0.39, 0.29) is 24.5 Å². The van der Waals surface area contributed by atoms with Crippen LogP contribution in [0.2, 0.25) is 0 Å². The average molecular weight is 452 g/mol. The number of anilines is 1. The van der Waals surface area contributed by atoms with Crippen molar-refractivity contribution in [3.05, 3.63) is 70.4 Å². The number of benzene rings is 1. The first kappa shape index (κ1) is 22.1. The maximum Gasteiger partial charge on any atom is 0.319 e. The summed E-state index contributed by atoms with van der Waals surface area (Å²) >= 11 is 1.84. The maximum atomic E-state index is 12.7. The van der Waals surface area contributed by atoms with Crippen LogP contribution in [0.3, 0.4) is 0 Å². The van der Waals surface area contributed by atoms with E-state index in [0.717, 1.165) is 18.4 Å². The molecule has 1 aliphatic rings. The molecule has 0 unspecified atom stereocenters. The molecule has 1 aliphatic carbocycles. The molecule has 2 amide bonds. The fraction of sp³-hybridized carbons (Fsp3) is 0.360. The Morgan fingerprint density at radius 2 is 1.84 bits per heavy atom. The molecule has 168 valence electrons. The first-order valence-electron chi connectivity index (χ1n) is 11.1. The van der Waals surface area contributed by atoms with Crippen LogP contribution >= 0.6 is 11.3 Å². The predicted molar refractivity (Wildman–Crippen MR) is 128 cm³/mol. The Bertz CT molecular complexity index is 1070. The molecule has 1 atom stereocenters. The smallest absolute Gasteiger partial charge is 0.319 e. The number of nitrogens with zero attached hydrogens (tertiary/aromatic N) is 1. The zero-order valence-corrected chi connectivity index (χ0v) is 19.3. The largest absolute Gasteiger partial charge is 0.466 e. The van der Waals surface area contributed by atoms with Gasteiger partial charge in [-0.3, -0.25) is 4.79 Å². The number of aryl methyl sites for hydroxylation is 1. The van der Waals surface area contributed by atoms with Gasteiger partial charge in [-0.1, -0.05) is 12.1 Å². The van der Waals surface area contributed by atoms with Crippen molar-refractivity contribution in [2.75, 3.05) is 11.9 Å². The van der Waals surface area contributed by atoms with Gasteiger partial charge in [-0.15, -0.1) is 11.3 Å². The van der Waals surface area contributed by atoms with Crippen molar-refractivity contribution in [3.63, 3.8) is 0 Å². The van der Waals surface area contributed by atoms with Crippen molar-refractivity contribution < 1.29 is 14.3 Å². The maximum absolute atomic E-state index is 12.7. The van der Waals surface area contributed by atoms with Crippen LogP contribution in [0.25, 0.3) is 5.00 Å². The van der Waals surface area contributed by atoms with Gasteiger partial charge < -0.3 is 19.9 Å². The van der Waals surface area contributed by atoms with Gasteiger partial charge in [-0.05, 0) is 74.9 Å². The number of rotatable bonds is 7. The van der Waals surface area contributed by atoms with Crippen molar-refractivity contribution in [3.8, 4) is 5.00 Å². The Kier molecular flexibility index (Phi) is 6.95. The fourth-order valence-electron chi connectivity index (χ4n) is 4.20. The molecule has 0 bridgehead atoms. The van der Waals surface area contributed by atoms with Crippen molar-refractivity contribution in [1.82, 2.24) is 9.88 Å². The number of hydrogen-bond acceptors (Lipinski definition) is 4. The van der Waals surface area contributed by atoms with Crippen LogP contribution in [-0.2, 0) is 28.8 Å². The molecule has 2 N–H and O–H groups in total. The predicted octanol–water partition coefficient (Wildman–Crippen LogP) is 5.41. The number of ether oxygens (including phenoxy) is 1. The molecule has 7 heteroatoms. The number of urea groups is 1. The second kappa shape index (κ2) is 10.0. The molecular weight excluding hydrogens is 422 g/mol. The number of esters is 1. The molecule has 0 spiro atoms. The number of aromatic nitrogens is 1. The minimum absolute atomic E-state index is 0.117. The number of carbonyl (C=O) groups excluding carboxylic acids is 2. The molecule has 0 saturated carbocycles. The summed E-state index contributed by atoms with van der Waals surface area (Å²) in [6.07, 6.45) is 8.95. The monoisotopic (exact) mass is 451 g/mol. The number of nitrogens with one attached hydrogen (secondary N) is 2. The van der Waals surface area contributed by atoms with E-state index >= 15 is 0 Å². The summed E-state index contributed by atoms with van der Waals surface area (Å²) in [5, 5.41) is 7.21.